The van der Waals surface area contributed by atoms with Gasteiger partial charge < -0.3 is 9.64 Å². The molecule has 100 valence electrons. The van der Waals surface area contributed by atoms with Crippen LogP contribution in [0, 0.1) is 17.8 Å². The molecule has 1 saturated carbocycles. The molecule has 2 heteroatoms. The first-order valence-electron chi connectivity index (χ1n) is 7.45. The Morgan fingerprint density at radius 1 is 1.12 bits per heavy atom. The lowest BCUT2D eigenvalue weighted by molar-refractivity contribution is 0.0613. The molecule has 2 aliphatic rings. The third-order valence-electron chi connectivity index (χ3n) is 4.91. The molecular weight excluding hydrogens is 210 g/mol. The zero-order valence-corrected chi connectivity index (χ0v) is 11.8. The minimum atomic E-state index is 0.815. The van der Waals surface area contributed by atoms with Crippen molar-refractivity contribution in [3.8, 4) is 0 Å². The number of nitrogens with zero attached hydrogens (tertiary/aromatic N) is 1. The molecule has 2 nitrogen and oxygen atoms in total. The van der Waals surface area contributed by atoms with Crippen molar-refractivity contribution < 1.29 is 4.74 Å². The molecule has 0 radical (unpaired) electrons. The molecule has 17 heavy (non-hydrogen) atoms. The van der Waals surface area contributed by atoms with E-state index in [2.05, 4.69) is 18.7 Å². The van der Waals surface area contributed by atoms with Gasteiger partial charge in [-0.3, -0.25) is 0 Å². The van der Waals surface area contributed by atoms with E-state index in [9.17, 15) is 0 Å². The van der Waals surface area contributed by atoms with Gasteiger partial charge in [-0.15, -0.1) is 0 Å². The zero-order chi connectivity index (χ0) is 12.3. The molecule has 0 amide bonds. The van der Waals surface area contributed by atoms with E-state index in [1.54, 1.807) is 0 Å². The van der Waals surface area contributed by atoms with Gasteiger partial charge in [0.05, 0.1) is 0 Å². The van der Waals surface area contributed by atoms with E-state index in [1.807, 2.05) is 7.11 Å². The van der Waals surface area contributed by atoms with Gasteiger partial charge in [0, 0.05) is 19.8 Å². The fraction of sp³-hybridized carbons (Fsp3) is 1.00. The van der Waals surface area contributed by atoms with Crippen LogP contribution in [-0.4, -0.2) is 37.7 Å². The largest absolute Gasteiger partial charge is 0.384 e. The summed E-state index contributed by atoms with van der Waals surface area (Å²) in [5.41, 5.74) is 0. The molecule has 1 saturated heterocycles. The number of methoxy groups -OCH3 is 1. The predicted octanol–water partition coefficient (Wildman–Crippen LogP) is 3.17. The highest BCUT2D eigenvalue weighted by Crippen LogP contribution is 2.36. The molecule has 0 aromatic rings. The molecule has 2 fully saturated rings. The molecular formula is C15H29NO. The van der Waals surface area contributed by atoms with Crippen molar-refractivity contribution in [2.75, 3.05) is 26.8 Å². The Balaban J connectivity index is 1.83. The lowest BCUT2D eigenvalue weighted by Gasteiger charge is -2.39. The summed E-state index contributed by atoms with van der Waals surface area (Å²) >= 11 is 0. The molecule has 1 aliphatic carbocycles. The average molecular weight is 239 g/mol. The van der Waals surface area contributed by atoms with Gasteiger partial charge >= 0.3 is 0 Å². The van der Waals surface area contributed by atoms with Gasteiger partial charge in [-0.1, -0.05) is 20.3 Å². The summed E-state index contributed by atoms with van der Waals surface area (Å²) < 4.78 is 5.28. The van der Waals surface area contributed by atoms with Gasteiger partial charge in [0.1, 0.15) is 0 Å². The lowest BCUT2D eigenvalue weighted by Crippen LogP contribution is -2.44. The first-order valence-corrected chi connectivity index (χ1v) is 7.45. The monoisotopic (exact) mass is 239 g/mol. The Hall–Kier alpha value is -0.0800. The van der Waals surface area contributed by atoms with Crippen LogP contribution in [0.15, 0.2) is 0 Å². The molecule has 1 aliphatic heterocycles. The first kappa shape index (κ1) is 13.4. The standard InChI is InChI=1S/C15H29NO/c1-12(2)14-5-4-6-15(14)16-9-7-13(8-10-16)11-17-3/h12-15H,4-11H2,1-3H3/t14-,15+/m0/s1. The third kappa shape index (κ3) is 3.23. The second-order valence-corrected chi connectivity index (χ2v) is 6.34. The highest BCUT2D eigenvalue weighted by molar-refractivity contribution is 4.89. The van der Waals surface area contributed by atoms with E-state index < -0.39 is 0 Å². The van der Waals surface area contributed by atoms with Gasteiger partial charge in [0.25, 0.3) is 0 Å². The van der Waals surface area contributed by atoms with Crippen molar-refractivity contribution >= 4 is 0 Å². The van der Waals surface area contributed by atoms with Crippen molar-refractivity contribution in [1.29, 1.82) is 0 Å². The van der Waals surface area contributed by atoms with Gasteiger partial charge in [-0.2, -0.15) is 0 Å². The number of rotatable bonds is 4. The number of ether oxygens (including phenoxy) is 1. The van der Waals surface area contributed by atoms with Crippen LogP contribution in [0.25, 0.3) is 0 Å². The van der Waals surface area contributed by atoms with E-state index in [0.29, 0.717) is 0 Å². The molecule has 2 rings (SSSR count). The fourth-order valence-corrected chi connectivity index (χ4v) is 3.89. The Morgan fingerprint density at radius 2 is 1.82 bits per heavy atom. The second kappa shape index (κ2) is 6.19. The highest BCUT2D eigenvalue weighted by Gasteiger charge is 2.35. The maximum atomic E-state index is 5.28. The first-order chi connectivity index (χ1) is 8.22. The van der Waals surface area contributed by atoms with Crippen LogP contribution in [0.2, 0.25) is 0 Å². The smallest absolute Gasteiger partial charge is 0.0491 e. The zero-order valence-electron chi connectivity index (χ0n) is 11.8. The Kier molecular flexibility index (Phi) is 4.87. The number of likely N-dealkylation sites (tertiary alicyclic amines) is 1. The van der Waals surface area contributed by atoms with E-state index in [4.69, 9.17) is 4.74 Å². The van der Waals surface area contributed by atoms with E-state index in [0.717, 1.165) is 30.4 Å². The summed E-state index contributed by atoms with van der Waals surface area (Å²) in [4.78, 5) is 2.78. The van der Waals surface area contributed by atoms with Crippen molar-refractivity contribution in [3.05, 3.63) is 0 Å². The highest BCUT2D eigenvalue weighted by atomic mass is 16.5. The average Bonchev–Trinajstić information content (AvgIpc) is 2.79. The van der Waals surface area contributed by atoms with Crippen molar-refractivity contribution in [3.63, 3.8) is 0 Å². The summed E-state index contributed by atoms with van der Waals surface area (Å²) in [6, 6.07) is 0.887. The summed E-state index contributed by atoms with van der Waals surface area (Å²) in [6.07, 6.45) is 7.04. The van der Waals surface area contributed by atoms with E-state index in [1.165, 1.54) is 45.2 Å². The van der Waals surface area contributed by atoms with Crippen LogP contribution in [0.3, 0.4) is 0 Å². The fourth-order valence-electron chi connectivity index (χ4n) is 3.89. The molecule has 0 unspecified atom stereocenters. The van der Waals surface area contributed by atoms with Crippen LogP contribution in [0.4, 0.5) is 0 Å². The SMILES string of the molecule is COCC1CCN([C@@H]2CCC[C@H]2C(C)C)CC1. The van der Waals surface area contributed by atoms with E-state index in [-0.39, 0.29) is 0 Å². The number of hydrogen-bond donors (Lipinski definition) is 0. The molecule has 0 spiro atoms. The normalized spacial score (nSPS) is 32.5. The van der Waals surface area contributed by atoms with Gasteiger partial charge in [-0.25, -0.2) is 0 Å². The van der Waals surface area contributed by atoms with Crippen molar-refractivity contribution in [1.82, 2.24) is 4.90 Å². The van der Waals surface area contributed by atoms with Crippen molar-refractivity contribution in [2.24, 2.45) is 17.8 Å². The summed E-state index contributed by atoms with van der Waals surface area (Å²) in [5, 5.41) is 0. The maximum absolute atomic E-state index is 5.28. The third-order valence-corrected chi connectivity index (χ3v) is 4.91. The number of piperidine rings is 1. The van der Waals surface area contributed by atoms with Gasteiger partial charge in [0.15, 0.2) is 0 Å². The molecule has 2 atom stereocenters. The second-order valence-electron chi connectivity index (χ2n) is 6.34. The Labute approximate surface area is 107 Å². The minimum Gasteiger partial charge on any atom is -0.384 e. The minimum absolute atomic E-state index is 0.815. The van der Waals surface area contributed by atoms with Gasteiger partial charge in [0.2, 0.25) is 0 Å². The van der Waals surface area contributed by atoms with Crippen molar-refractivity contribution in [2.45, 2.75) is 52.0 Å². The van der Waals surface area contributed by atoms with Crippen LogP contribution in [0.1, 0.15) is 46.0 Å². The summed E-state index contributed by atoms with van der Waals surface area (Å²) in [5.74, 6) is 2.63. The molecule has 0 aromatic carbocycles. The summed E-state index contributed by atoms with van der Waals surface area (Å²) in [6.45, 7) is 8.39. The Bertz CT molecular complexity index is 221. The van der Waals surface area contributed by atoms with Crippen LogP contribution < -0.4 is 0 Å². The lowest BCUT2D eigenvalue weighted by atomic mass is 9.88. The van der Waals surface area contributed by atoms with Gasteiger partial charge in [-0.05, 0) is 56.5 Å². The quantitative estimate of drug-likeness (QED) is 0.747. The number of hydrogen-bond acceptors (Lipinski definition) is 2. The predicted molar refractivity (Wildman–Crippen MR) is 72.1 cm³/mol. The van der Waals surface area contributed by atoms with Crippen LogP contribution >= 0.6 is 0 Å². The molecule has 0 bridgehead atoms. The summed E-state index contributed by atoms with van der Waals surface area (Å²) in [7, 11) is 1.83. The Morgan fingerprint density at radius 3 is 2.41 bits per heavy atom. The van der Waals surface area contributed by atoms with Crippen LogP contribution in [0.5, 0.6) is 0 Å². The van der Waals surface area contributed by atoms with E-state index >= 15 is 0 Å². The molecule has 1 heterocycles. The topological polar surface area (TPSA) is 12.5 Å². The maximum Gasteiger partial charge on any atom is 0.0491 e. The molecule has 0 N–H and O–H groups in total. The molecule has 0 aromatic heterocycles. The van der Waals surface area contributed by atoms with Crippen LogP contribution in [-0.2, 0) is 4.74 Å².